The monoisotopic (exact) mass is 498 g/mol. The topological polar surface area (TPSA) is 69.3 Å². The summed E-state index contributed by atoms with van der Waals surface area (Å²) >= 11 is 6.36. The molecule has 6 nitrogen and oxygen atoms in total. The van der Waals surface area contributed by atoms with Gasteiger partial charge in [-0.1, -0.05) is 48.0 Å². The number of fused-ring (bicyclic) bond motifs is 1. The van der Waals surface area contributed by atoms with E-state index < -0.39 is 28.1 Å². The molecule has 2 aromatic carbocycles. The first-order valence-corrected chi connectivity index (χ1v) is 12.1. The van der Waals surface area contributed by atoms with E-state index in [1.165, 1.54) is 6.33 Å². The zero-order valence-corrected chi connectivity index (χ0v) is 19.0. The predicted molar refractivity (Wildman–Crippen MR) is 120 cm³/mol. The molecule has 0 fully saturated rings. The van der Waals surface area contributed by atoms with Crippen LogP contribution in [-0.2, 0) is 29.5 Å². The maximum atomic E-state index is 13.5. The summed E-state index contributed by atoms with van der Waals surface area (Å²) in [5.74, 6) is 0. The first-order valence-electron chi connectivity index (χ1n) is 10.3. The zero-order chi connectivity index (χ0) is 23.6. The van der Waals surface area contributed by atoms with Crippen LogP contribution in [0.5, 0.6) is 0 Å². The first-order chi connectivity index (χ1) is 15.7. The molecule has 1 atom stereocenters. The van der Waals surface area contributed by atoms with Gasteiger partial charge in [-0.3, -0.25) is 0 Å². The average molecular weight is 499 g/mol. The molecule has 0 saturated carbocycles. The summed E-state index contributed by atoms with van der Waals surface area (Å²) in [6, 6.07) is 14.0. The summed E-state index contributed by atoms with van der Waals surface area (Å²) in [6.07, 6.45) is 4.16. The molecule has 4 rings (SSSR count). The number of hydrogen-bond acceptors (Lipinski definition) is 4. The third-order valence-electron chi connectivity index (χ3n) is 5.73. The molecule has 0 spiro atoms. The van der Waals surface area contributed by atoms with Gasteiger partial charge in [-0.15, -0.1) is 0 Å². The number of aromatic nitrogens is 2. The lowest BCUT2D eigenvalue weighted by molar-refractivity contribution is -0.0492. The summed E-state index contributed by atoms with van der Waals surface area (Å²) in [5.41, 5.74) is -2.70. The largest absolute Gasteiger partial charge is 0.511 e. The van der Waals surface area contributed by atoms with E-state index in [0.717, 1.165) is 11.3 Å². The normalized spacial score (nSPS) is 17.6. The van der Waals surface area contributed by atoms with Gasteiger partial charge in [0, 0.05) is 41.6 Å². The van der Waals surface area contributed by atoms with E-state index in [9.17, 15) is 21.6 Å². The van der Waals surface area contributed by atoms with Gasteiger partial charge in [0.25, 0.3) is 0 Å². The molecule has 2 heterocycles. The first kappa shape index (κ1) is 23.6. The van der Waals surface area contributed by atoms with Crippen LogP contribution in [0.3, 0.4) is 0 Å². The van der Waals surface area contributed by atoms with Crippen molar-refractivity contribution in [3.05, 3.63) is 82.9 Å². The van der Waals surface area contributed by atoms with Crippen molar-refractivity contribution in [1.82, 2.24) is 14.3 Å². The number of imidazole rings is 1. The Labute approximate surface area is 195 Å². The van der Waals surface area contributed by atoms with E-state index in [-0.39, 0.29) is 11.6 Å². The molecular weight excluding hydrogens is 477 g/mol. The highest BCUT2D eigenvalue weighted by Gasteiger charge is 2.51. The SMILES string of the molecule is O=S(=O)(N1Cc2c(Cl)cccc2N(Cc2cnc[nH]2)[C@@H](CCc2ccccc2)C1)C(F)(F)F. The van der Waals surface area contributed by atoms with Gasteiger partial charge in [0.2, 0.25) is 0 Å². The fraction of sp³-hybridized carbons (Fsp3) is 0.318. The highest BCUT2D eigenvalue weighted by Crippen LogP contribution is 2.38. The number of anilines is 1. The third-order valence-corrected chi connectivity index (χ3v) is 7.63. The number of sulfonamides is 1. The number of nitrogens with zero attached hydrogens (tertiary/aromatic N) is 3. The van der Waals surface area contributed by atoms with Crippen molar-refractivity contribution in [2.75, 3.05) is 11.4 Å². The minimum absolute atomic E-state index is 0.216. The Balaban J connectivity index is 1.77. The molecule has 1 N–H and O–H groups in total. The Kier molecular flexibility index (Phi) is 6.69. The van der Waals surface area contributed by atoms with E-state index in [2.05, 4.69) is 9.97 Å². The average Bonchev–Trinajstić information content (AvgIpc) is 3.22. The van der Waals surface area contributed by atoms with E-state index in [4.69, 9.17) is 11.6 Å². The lowest BCUT2D eigenvalue weighted by Gasteiger charge is -2.34. The fourth-order valence-corrected chi connectivity index (χ4v) is 5.26. The lowest BCUT2D eigenvalue weighted by Crippen LogP contribution is -2.47. The van der Waals surface area contributed by atoms with Gasteiger partial charge >= 0.3 is 15.5 Å². The smallest absolute Gasteiger partial charge is 0.361 e. The molecule has 33 heavy (non-hydrogen) atoms. The van der Waals surface area contributed by atoms with Gasteiger partial charge in [0.05, 0.1) is 18.6 Å². The van der Waals surface area contributed by atoms with Crippen LogP contribution >= 0.6 is 11.6 Å². The Morgan fingerprint density at radius 3 is 2.55 bits per heavy atom. The number of aromatic amines is 1. The number of nitrogens with one attached hydrogen (secondary N) is 1. The highest BCUT2D eigenvalue weighted by atomic mass is 35.5. The van der Waals surface area contributed by atoms with Crippen LogP contribution < -0.4 is 4.90 Å². The van der Waals surface area contributed by atoms with Crippen LogP contribution in [0.15, 0.2) is 61.1 Å². The predicted octanol–water partition coefficient (Wildman–Crippen LogP) is 4.74. The second-order valence-corrected chi connectivity index (χ2v) is 10.2. The molecule has 176 valence electrons. The molecule has 11 heteroatoms. The van der Waals surface area contributed by atoms with Gasteiger partial charge in [0.15, 0.2) is 0 Å². The van der Waals surface area contributed by atoms with Crippen molar-refractivity contribution in [3.8, 4) is 0 Å². The van der Waals surface area contributed by atoms with Crippen molar-refractivity contribution >= 4 is 27.3 Å². The van der Waals surface area contributed by atoms with Crippen LogP contribution in [0.4, 0.5) is 18.9 Å². The molecule has 1 aliphatic heterocycles. The van der Waals surface area contributed by atoms with Crippen molar-refractivity contribution in [2.24, 2.45) is 0 Å². The molecule has 0 radical (unpaired) electrons. The number of alkyl halides is 3. The van der Waals surface area contributed by atoms with Gasteiger partial charge in [-0.2, -0.15) is 17.5 Å². The van der Waals surface area contributed by atoms with Crippen LogP contribution in [-0.4, -0.2) is 40.8 Å². The minimum atomic E-state index is -5.56. The van der Waals surface area contributed by atoms with E-state index in [1.807, 2.05) is 35.2 Å². The van der Waals surface area contributed by atoms with E-state index in [0.29, 0.717) is 34.9 Å². The second kappa shape index (κ2) is 9.36. The second-order valence-electron chi connectivity index (χ2n) is 7.86. The van der Waals surface area contributed by atoms with Crippen LogP contribution in [0, 0.1) is 0 Å². The summed E-state index contributed by atoms with van der Waals surface area (Å²) in [7, 11) is -5.56. The summed E-state index contributed by atoms with van der Waals surface area (Å²) in [6.45, 7) is -0.474. The van der Waals surface area contributed by atoms with Gasteiger partial charge in [-0.25, -0.2) is 13.4 Å². The van der Waals surface area contributed by atoms with Crippen LogP contribution in [0.2, 0.25) is 5.02 Å². The summed E-state index contributed by atoms with van der Waals surface area (Å²) < 4.78 is 65.9. The van der Waals surface area contributed by atoms with Crippen LogP contribution in [0.25, 0.3) is 0 Å². The van der Waals surface area contributed by atoms with E-state index >= 15 is 0 Å². The van der Waals surface area contributed by atoms with Crippen LogP contribution in [0.1, 0.15) is 23.2 Å². The standard InChI is InChI=1S/C22H22ClF3N4O2S/c23-20-7-4-8-21-19(20)14-29(33(31,32)22(24,25)26)13-18(10-9-16-5-2-1-3-6-16)30(21)12-17-11-27-15-28-17/h1-8,11,15,18H,9-10,12-14H2,(H,27,28)/t18-/m0/s1. The van der Waals surface area contributed by atoms with Gasteiger partial charge in [0.1, 0.15) is 0 Å². The summed E-state index contributed by atoms with van der Waals surface area (Å²) in [5, 5.41) is 0.216. The quantitative estimate of drug-likeness (QED) is 0.533. The molecule has 3 aromatic rings. The number of hydrogen-bond donors (Lipinski definition) is 1. The van der Waals surface area contributed by atoms with Crippen molar-refractivity contribution in [3.63, 3.8) is 0 Å². The lowest BCUT2D eigenvalue weighted by atomic mass is 10.0. The number of benzene rings is 2. The van der Waals surface area contributed by atoms with Crippen molar-refractivity contribution < 1.29 is 21.6 Å². The van der Waals surface area contributed by atoms with Gasteiger partial charge in [-0.05, 0) is 30.5 Å². The zero-order valence-electron chi connectivity index (χ0n) is 17.5. The third kappa shape index (κ3) is 5.02. The van der Waals surface area contributed by atoms with Crippen molar-refractivity contribution in [2.45, 2.75) is 37.5 Å². The Hall–Kier alpha value is -2.56. The number of halogens is 4. The highest BCUT2D eigenvalue weighted by molar-refractivity contribution is 7.89. The van der Waals surface area contributed by atoms with E-state index in [1.54, 1.807) is 24.4 Å². The molecule has 0 amide bonds. The maximum Gasteiger partial charge on any atom is 0.511 e. The maximum absolute atomic E-state index is 13.5. The molecule has 1 aromatic heterocycles. The number of H-pyrrole nitrogens is 1. The minimum Gasteiger partial charge on any atom is -0.361 e. The molecule has 0 bridgehead atoms. The molecule has 0 aliphatic carbocycles. The Morgan fingerprint density at radius 2 is 1.88 bits per heavy atom. The molecule has 1 aliphatic rings. The van der Waals surface area contributed by atoms with Crippen molar-refractivity contribution in [1.29, 1.82) is 0 Å². The number of rotatable bonds is 6. The molecule has 0 saturated heterocycles. The molecule has 0 unspecified atom stereocenters. The van der Waals surface area contributed by atoms with Gasteiger partial charge < -0.3 is 9.88 Å². The number of aryl methyl sites for hydroxylation is 1. The Bertz CT molecular complexity index is 1190. The summed E-state index contributed by atoms with van der Waals surface area (Å²) in [4.78, 5) is 8.96. The Morgan fingerprint density at radius 1 is 1.12 bits per heavy atom. The fourth-order valence-electron chi connectivity index (χ4n) is 4.07. The molecular formula is C22H22ClF3N4O2S.